The Morgan fingerprint density at radius 1 is 1.33 bits per heavy atom. The van der Waals surface area contributed by atoms with E-state index in [0.29, 0.717) is 6.04 Å². The van der Waals surface area contributed by atoms with Crippen molar-refractivity contribution in [2.24, 2.45) is 0 Å². The van der Waals surface area contributed by atoms with E-state index in [0.717, 1.165) is 6.42 Å². The maximum atomic E-state index is 5.77. The summed E-state index contributed by atoms with van der Waals surface area (Å²) in [5, 5.41) is 6.01. The van der Waals surface area contributed by atoms with Crippen molar-refractivity contribution in [1.29, 1.82) is 0 Å². The third-order valence-corrected chi connectivity index (χ3v) is 1.87. The van der Waals surface area contributed by atoms with E-state index >= 15 is 0 Å². The summed E-state index contributed by atoms with van der Waals surface area (Å²) in [5.41, 5.74) is -0.153. The third-order valence-electron chi connectivity index (χ3n) is 1.32. The van der Waals surface area contributed by atoms with Gasteiger partial charge in [0.05, 0.1) is 5.50 Å². The molecule has 0 radical (unpaired) electrons. The fourth-order valence-corrected chi connectivity index (χ4v) is 1.73. The van der Waals surface area contributed by atoms with E-state index in [2.05, 4.69) is 17.6 Å². The van der Waals surface area contributed by atoms with Crippen molar-refractivity contribution < 1.29 is 0 Å². The Labute approximate surface area is 64.9 Å². The number of alkyl halides is 2. The van der Waals surface area contributed by atoms with Crippen molar-refractivity contribution in [2.75, 3.05) is 0 Å². The predicted molar refractivity (Wildman–Crippen MR) is 39.6 cm³/mol. The molecule has 1 rings (SSSR count). The van der Waals surface area contributed by atoms with Gasteiger partial charge in [-0.3, -0.25) is 10.6 Å². The highest BCUT2D eigenvalue weighted by Crippen LogP contribution is 2.10. The Kier molecular flexibility index (Phi) is 2.59. The lowest BCUT2D eigenvalue weighted by Gasteiger charge is -2.29. The lowest BCUT2D eigenvalue weighted by atomic mass is 10.2. The molecule has 1 fully saturated rings. The molecule has 3 unspecified atom stereocenters. The second-order valence-electron chi connectivity index (χ2n) is 2.30. The summed E-state index contributed by atoms with van der Waals surface area (Å²) in [6.07, 6.45) is 0.921. The molecule has 3 atom stereocenters. The summed E-state index contributed by atoms with van der Waals surface area (Å²) >= 11 is 11.5. The van der Waals surface area contributed by atoms with Crippen LogP contribution < -0.4 is 10.6 Å². The van der Waals surface area contributed by atoms with Gasteiger partial charge < -0.3 is 0 Å². The van der Waals surface area contributed by atoms with E-state index in [1.165, 1.54) is 0 Å². The van der Waals surface area contributed by atoms with Gasteiger partial charge in [0.2, 0.25) is 0 Å². The van der Waals surface area contributed by atoms with Crippen LogP contribution in [0.3, 0.4) is 0 Å². The second kappa shape index (κ2) is 3.06. The van der Waals surface area contributed by atoms with Gasteiger partial charge >= 0.3 is 0 Å². The average Bonchev–Trinajstić information content (AvgIpc) is 1.59. The van der Waals surface area contributed by atoms with Crippen LogP contribution in [0, 0.1) is 0 Å². The Hall–Kier alpha value is 0.500. The SMILES string of the molecule is CC1CC(Cl)NC(Cl)N1. The van der Waals surface area contributed by atoms with Crippen molar-refractivity contribution in [1.82, 2.24) is 10.6 Å². The number of rotatable bonds is 0. The van der Waals surface area contributed by atoms with Crippen LogP contribution in [0.2, 0.25) is 0 Å². The van der Waals surface area contributed by atoms with Gasteiger partial charge in [-0.2, -0.15) is 0 Å². The maximum absolute atomic E-state index is 5.77. The monoisotopic (exact) mass is 168 g/mol. The van der Waals surface area contributed by atoms with Crippen molar-refractivity contribution in [2.45, 2.75) is 30.5 Å². The topological polar surface area (TPSA) is 24.1 Å². The van der Waals surface area contributed by atoms with Crippen molar-refractivity contribution in [3.05, 3.63) is 0 Å². The highest BCUT2D eigenvalue weighted by molar-refractivity contribution is 6.23. The van der Waals surface area contributed by atoms with Crippen LogP contribution in [0.5, 0.6) is 0 Å². The van der Waals surface area contributed by atoms with E-state index in [4.69, 9.17) is 23.2 Å². The van der Waals surface area contributed by atoms with E-state index in [9.17, 15) is 0 Å². The standard InChI is InChI=1S/C5H10Cl2N2/c1-3-2-4(6)9-5(7)8-3/h3-5,8-9H,2H2,1H3. The first-order chi connectivity index (χ1) is 4.18. The fraction of sp³-hybridized carbons (Fsp3) is 1.00. The molecule has 2 N–H and O–H groups in total. The molecule has 0 aromatic carbocycles. The van der Waals surface area contributed by atoms with Crippen LogP contribution in [0.1, 0.15) is 13.3 Å². The van der Waals surface area contributed by atoms with Gasteiger partial charge in [-0.25, -0.2) is 0 Å². The van der Waals surface area contributed by atoms with Gasteiger partial charge in [0.1, 0.15) is 5.62 Å². The summed E-state index contributed by atoms with van der Waals surface area (Å²) < 4.78 is 0. The first kappa shape index (κ1) is 7.61. The van der Waals surface area contributed by atoms with Gasteiger partial charge in [-0.1, -0.05) is 11.6 Å². The van der Waals surface area contributed by atoms with Gasteiger partial charge in [0, 0.05) is 6.04 Å². The number of hydrogen-bond donors (Lipinski definition) is 2. The summed E-state index contributed by atoms with van der Waals surface area (Å²) in [6, 6.07) is 0.413. The van der Waals surface area contributed by atoms with E-state index in [1.54, 1.807) is 0 Å². The van der Waals surface area contributed by atoms with Gasteiger partial charge in [0.15, 0.2) is 0 Å². The molecule has 0 bridgehead atoms. The molecule has 1 aliphatic rings. The molecule has 0 saturated carbocycles. The molecule has 4 heteroatoms. The van der Waals surface area contributed by atoms with Crippen LogP contribution in [-0.2, 0) is 0 Å². The summed E-state index contributed by atoms with van der Waals surface area (Å²) in [7, 11) is 0. The Bertz CT molecular complexity index is 73.9. The van der Waals surface area contributed by atoms with Crippen LogP contribution >= 0.6 is 23.2 Å². The van der Waals surface area contributed by atoms with E-state index in [1.807, 2.05) is 0 Å². The first-order valence-electron chi connectivity index (χ1n) is 2.98. The van der Waals surface area contributed by atoms with Gasteiger partial charge in [-0.15, -0.1) is 11.6 Å². The smallest absolute Gasteiger partial charge is 0.136 e. The quantitative estimate of drug-likeness (QED) is 0.418. The highest BCUT2D eigenvalue weighted by Gasteiger charge is 2.20. The van der Waals surface area contributed by atoms with Crippen molar-refractivity contribution >= 4 is 23.2 Å². The molecule has 1 saturated heterocycles. The summed E-state index contributed by atoms with van der Waals surface area (Å²) in [4.78, 5) is 0. The van der Waals surface area contributed by atoms with Crippen LogP contribution in [0.25, 0.3) is 0 Å². The van der Waals surface area contributed by atoms with Crippen LogP contribution in [-0.4, -0.2) is 17.2 Å². The second-order valence-corrected chi connectivity index (χ2v) is 3.26. The Morgan fingerprint density at radius 3 is 2.44 bits per heavy atom. The summed E-state index contributed by atoms with van der Waals surface area (Å²) in [6.45, 7) is 2.06. The molecule has 9 heavy (non-hydrogen) atoms. The molecule has 0 spiro atoms. The van der Waals surface area contributed by atoms with E-state index in [-0.39, 0.29) is 11.1 Å². The number of hydrogen-bond acceptors (Lipinski definition) is 2. The number of nitrogens with one attached hydrogen (secondary N) is 2. The Balaban J connectivity index is 2.34. The van der Waals surface area contributed by atoms with Gasteiger partial charge in [-0.05, 0) is 13.3 Å². The molecule has 1 heterocycles. The minimum absolute atomic E-state index is 0.0174. The minimum atomic E-state index is -0.170. The largest absolute Gasteiger partial charge is 0.287 e. The lowest BCUT2D eigenvalue weighted by Crippen LogP contribution is -2.52. The number of halogens is 2. The van der Waals surface area contributed by atoms with Gasteiger partial charge in [0.25, 0.3) is 0 Å². The van der Waals surface area contributed by atoms with Crippen molar-refractivity contribution in [3.63, 3.8) is 0 Å². The van der Waals surface area contributed by atoms with Crippen LogP contribution in [0.4, 0.5) is 0 Å². The summed E-state index contributed by atoms with van der Waals surface area (Å²) in [5.74, 6) is 0. The molecule has 1 aliphatic heterocycles. The first-order valence-corrected chi connectivity index (χ1v) is 3.86. The highest BCUT2D eigenvalue weighted by atomic mass is 35.5. The molecular weight excluding hydrogens is 159 g/mol. The van der Waals surface area contributed by atoms with Crippen LogP contribution in [0.15, 0.2) is 0 Å². The molecule has 2 nitrogen and oxygen atoms in total. The zero-order valence-corrected chi connectivity index (χ0v) is 6.71. The Morgan fingerprint density at radius 2 is 2.00 bits per heavy atom. The van der Waals surface area contributed by atoms with Crippen molar-refractivity contribution in [3.8, 4) is 0 Å². The third kappa shape index (κ3) is 2.30. The lowest BCUT2D eigenvalue weighted by molar-refractivity contribution is 0.358. The minimum Gasteiger partial charge on any atom is -0.287 e. The van der Waals surface area contributed by atoms with E-state index < -0.39 is 0 Å². The average molecular weight is 169 g/mol. The zero-order valence-electron chi connectivity index (χ0n) is 5.20. The molecular formula is C5H10Cl2N2. The molecule has 54 valence electrons. The molecule has 0 amide bonds. The molecule has 0 aromatic heterocycles. The molecule has 0 aromatic rings. The molecule has 0 aliphatic carbocycles. The zero-order chi connectivity index (χ0) is 6.85. The fourth-order valence-electron chi connectivity index (χ4n) is 0.903. The maximum Gasteiger partial charge on any atom is 0.136 e. The predicted octanol–water partition coefficient (Wildman–Crippen LogP) is 1.05. The normalized spacial score (nSPS) is 45.0.